The van der Waals surface area contributed by atoms with Gasteiger partial charge in [0.2, 0.25) is 0 Å². The molecule has 1 aromatic carbocycles. The Morgan fingerprint density at radius 1 is 1.40 bits per heavy atom. The molecule has 2 nitrogen and oxygen atoms in total. The highest BCUT2D eigenvalue weighted by Gasteiger charge is 2.49. The molecule has 82 valence electrons. The van der Waals surface area contributed by atoms with Crippen molar-refractivity contribution in [2.75, 3.05) is 7.11 Å². The number of hydrogen-bond acceptors (Lipinski definition) is 2. The minimum Gasteiger partial charge on any atom is -0.497 e. The van der Waals surface area contributed by atoms with E-state index in [4.69, 9.17) is 4.74 Å². The molecule has 2 rings (SSSR count). The Bertz CT molecular complexity index is 365. The Labute approximate surface area is 90.9 Å². The summed E-state index contributed by atoms with van der Waals surface area (Å²) in [7, 11) is 1.68. The monoisotopic (exact) mass is 206 g/mol. The predicted molar refractivity (Wildman–Crippen MR) is 60.3 cm³/mol. The Morgan fingerprint density at radius 3 is 2.47 bits per heavy atom. The molecule has 0 spiro atoms. The van der Waals surface area contributed by atoms with Gasteiger partial charge in [0.15, 0.2) is 0 Å². The molecule has 0 aliphatic heterocycles. The quantitative estimate of drug-likeness (QED) is 0.823. The molecular formula is C13H18O2. The number of aliphatic hydroxyl groups is 1. The van der Waals surface area contributed by atoms with Crippen molar-refractivity contribution in [3.05, 3.63) is 29.3 Å². The van der Waals surface area contributed by atoms with Crippen LogP contribution in [0.5, 0.6) is 5.75 Å². The average molecular weight is 206 g/mol. The van der Waals surface area contributed by atoms with Gasteiger partial charge in [-0.15, -0.1) is 0 Å². The van der Waals surface area contributed by atoms with Gasteiger partial charge in [-0.2, -0.15) is 0 Å². The van der Waals surface area contributed by atoms with E-state index >= 15 is 0 Å². The summed E-state index contributed by atoms with van der Waals surface area (Å²) in [6.07, 6.45) is 1.93. The molecular weight excluding hydrogens is 188 g/mol. The van der Waals surface area contributed by atoms with Crippen LogP contribution in [0.3, 0.4) is 0 Å². The third-order valence-electron chi connectivity index (χ3n) is 3.56. The van der Waals surface area contributed by atoms with Crippen molar-refractivity contribution in [3.63, 3.8) is 0 Å². The van der Waals surface area contributed by atoms with Crippen molar-refractivity contribution in [3.8, 4) is 5.75 Å². The van der Waals surface area contributed by atoms with Crippen LogP contribution < -0.4 is 4.74 Å². The first-order chi connectivity index (χ1) is 7.10. The second kappa shape index (κ2) is 3.53. The van der Waals surface area contributed by atoms with Gasteiger partial charge in [0.25, 0.3) is 0 Å². The fraction of sp³-hybridized carbons (Fsp3) is 0.538. The van der Waals surface area contributed by atoms with Gasteiger partial charge in [-0.05, 0) is 49.9 Å². The SMILES string of the molecule is COc1ccc(C2(C(C)O)CC2)c(C)c1. The normalized spacial score (nSPS) is 19.7. The molecule has 1 aliphatic carbocycles. The Kier molecular flexibility index (Phi) is 2.47. The lowest BCUT2D eigenvalue weighted by molar-refractivity contribution is 0.150. The second-order valence-electron chi connectivity index (χ2n) is 4.51. The van der Waals surface area contributed by atoms with Crippen molar-refractivity contribution in [1.29, 1.82) is 0 Å². The van der Waals surface area contributed by atoms with Crippen molar-refractivity contribution < 1.29 is 9.84 Å². The highest BCUT2D eigenvalue weighted by Crippen LogP contribution is 2.52. The minimum absolute atomic E-state index is 0.0242. The first-order valence-electron chi connectivity index (χ1n) is 5.43. The van der Waals surface area contributed by atoms with Crippen molar-refractivity contribution >= 4 is 0 Å². The zero-order chi connectivity index (χ0) is 11.1. The van der Waals surface area contributed by atoms with Crippen LogP contribution in [0.25, 0.3) is 0 Å². The molecule has 2 heteroatoms. The van der Waals surface area contributed by atoms with E-state index in [1.165, 1.54) is 11.1 Å². The average Bonchev–Trinajstić information content (AvgIpc) is 2.98. The molecule has 1 N–H and O–H groups in total. The summed E-state index contributed by atoms with van der Waals surface area (Å²) in [5.41, 5.74) is 2.52. The smallest absolute Gasteiger partial charge is 0.119 e. The van der Waals surface area contributed by atoms with E-state index in [9.17, 15) is 5.11 Å². The Hall–Kier alpha value is -1.02. The number of hydrogen-bond donors (Lipinski definition) is 1. The molecule has 0 radical (unpaired) electrons. The molecule has 1 aromatic rings. The van der Waals surface area contributed by atoms with Crippen LogP contribution in [0.1, 0.15) is 30.9 Å². The van der Waals surface area contributed by atoms with Gasteiger partial charge in [-0.1, -0.05) is 6.07 Å². The maximum atomic E-state index is 9.82. The summed E-state index contributed by atoms with van der Waals surface area (Å²) < 4.78 is 5.18. The topological polar surface area (TPSA) is 29.5 Å². The lowest BCUT2D eigenvalue weighted by Crippen LogP contribution is -2.23. The maximum absolute atomic E-state index is 9.82. The zero-order valence-electron chi connectivity index (χ0n) is 9.58. The van der Waals surface area contributed by atoms with Gasteiger partial charge in [0.05, 0.1) is 13.2 Å². The van der Waals surface area contributed by atoms with Gasteiger partial charge in [0.1, 0.15) is 5.75 Å². The molecule has 1 atom stereocenters. The van der Waals surface area contributed by atoms with E-state index in [0.29, 0.717) is 0 Å². The van der Waals surface area contributed by atoms with Gasteiger partial charge >= 0.3 is 0 Å². The third kappa shape index (κ3) is 1.63. The lowest BCUT2D eigenvalue weighted by Gasteiger charge is -2.21. The van der Waals surface area contributed by atoms with E-state index in [0.717, 1.165) is 18.6 Å². The Morgan fingerprint density at radius 2 is 2.07 bits per heavy atom. The number of aliphatic hydroxyl groups excluding tert-OH is 1. The summed E-state index contributed by atoms with van der Waals surface area (Å²) in [5.74, 6) is 0.887. The third-order valence-corrected chi connectivity index (χ3v) is 3.56. The van der Waals surface area contributed by atoms with Crippen LogP contribution in [-0.2, 0) is 5.41 Å². The number of ether oxygens (including phenoxy) is 1. The van der Waals surface area contributed by atoms with Gasteiger partial charge in [-0.3, -0.25) is 0 Å². The first kappa shape index (κ1) is 10.5. The Balaban J connectivity index is 2.37. The number of rotatable bonds is 3. The highest BCUT2D eigenvalue weighted by molar-refractivity contribution is 5.43. The van der Waals surface area contributed by atoms with E-state index in [-0.39, 0.29) is 11.5 Å². The van der Waals surface area contributed by atoms with Gasteiger partial charge < -0.3 is 9.84 Å². The van der Waals surface area contributed by atoms with E-state index in [1.807, 2.05) is 19.1 Å². The van der Waals surface area contributed by atoms with Crippen molar-refractivity contribution in [1.82, 2.24) is 0 Å². The molecule has 1 aliphatic rings. The number of methoxy groups -OCH3 is 1. The van der Waals surface area contributed by atoms with Crippen LogP contribution in [0.2, 0.25) is 0 Å². The molecule has 1 unspecified atom stereocenters. The zero-order valence-corrected chi connectivity index (χ0v) is 9.58. The first-order valence-corrected chi connectivity index (χ1v) is 5.43. The van der Waals surface area contributed by atoms with Crippen molar-refractivity contribution in [2.24, 2.45) is 0 Å². The van der Waals surface area contributed by atoms with E-state index in [2.05, 4.69) is 13.0 Å². The summed E-state index contributed by atoms with van der Waals surface area (Å²) in [6, 6.07) is 6.11. The molecule has 0 saturated heterocycles. The number of benzene rings is 1. The van der Waals surface area contributed by atoms with Crippen LogP contribution in [0.15, 0.2) is 18.2 Å². The molecule has 1 fully saturated rings. The van der Waals surface area contributed by atoms with Gasteiger partial charge in [0, 0.05) is 5.41 Å². The molecule has 0 heterocycles. The summed E-state index contributed by atoms with van der Waals surface area (Å²) >= 11 is 0. The molecule has 0 aromatic heterocycles. The van der Waals surface area contributed by atoms with Crippen LogP contribution >= 0.6 is 0 Å². The largest absolute Gasteiger partial charge is 0.497 e. The summed E-state index contributed by atoms with van der Waals surface area (Å²) in [4.78, 5) is 0. The highest BCUT2D eigenvalue weighted by atomic mass is 16.5. The fourth-order valence-corrected chi connectivity index (χ4v) is 2.37. The second-order valence-corrected chi connectivity index (χ2v) is 4.51. The predicted octanol–water partition coefficient (Wildman–Crippen LogP) is 2.42. The van der Waals surface area contributed by atoms with E-state index in [1.54, 1.807) is 7.11 Å². The molecule has 0 amide bonds. The van der Waals surface area contributed by atoms with Crippen LogP contribution in [0.4, 0.5) is 0 Å². The van der Waals surface area contributed by atoms with Crippen LogP contribution in [0, 0.1) is 6.92 Å². The summed E-state index contributed by atoms with van der Waals surface area (Å²) in [6.45, 7) is 3.97. The molecule has 0 bridgehead atoms. The fourth-order valence-electron chi connectivity index (χ4n) is 2.37. The van der Waals surface area contributed by atoms with E-state index < -0.39 is 0 Å². The standard InChI is InChI=1S/C13H18O2/c1-9-8-11(15-3)4-5-12(9)13(6-7-13)10(2)14/h4-5,8,10,14H,6-7H2,1-3H3. The molecule has 1 saturated carbocycles. The van der Waals surface area contributed by atoms with Crippen molar-refractivity contribution in [2.45, 2.75) is 38.2 Å². The maximum Gasteiger partial charge on any atom is 0.119 e. The number of aryl methyl sites for hydroxylation is 1. The summed E-state index contributed by atoms with van der Waals surface area (Å²) in [5, 5.41) is 9.82. The molecule has 15 heavy (non-hydrogen) atoms. The van der Waals surface area contributed by atoms with Crippen LogP contribution in [-0.4, -0.2) is 18.3 Å². The lowest BCUT2D eigenvalue weighted by atomic mass is 9.87. The van der Waals surface area contributed by atoms with Gasteiger partial charge in [-0.25, -0.2) is 0 Å². The minimum atomic E-state index is -0.260.